The van der Waals surface area contributed by atoms with Crippen LogP contribution in [0.2, 0.25) is 0 Å². The monoisotopic (exact) mass is 461 g/mol. The van der Waals surface area contributed by atoms with Crippen LogP contribution in [0.4, 0.5) is 0 Å². The molecule has 1 heterocycles. The molecule has 26 heavy (non-hydrogen) atoms. The Morgan fingerprint density at radius 3 is 2.04 bits per heavy atom. The standard InChI is InChI=1S/C20H23N5.HI/c1-16-4-6-17(7-5-16)14-22-20(21-2)23-15-18-8-10-19(11-9-18)25-13-3-12-24-25;/h3-13H,14-15H2,1-2H3,(H2,21,22,23);1H. The quantitative estimate of drug-likeness (QED) is 0.347. The predicted molar refractivity (Wildman–Crippen MR) is 117 cm³/mol. The lowest BCUT2D eigenvalue weighted by molar-refractivity contribution is 0.807. The van der Waals surface area contributed by atoms with Crippen molar-refractivity contribution in [1.29, 1.82) is 0 Å². The molecule has 0 unspecified atom stereocenters. The van der Waals surface area contributed by atoms with Gasteiger partial charge in [0.2, 0.25) is 0 Å². The summed E-state index contributed by atoms with van der Waals surface area (Å²) in [6, 6.07) is 18.7. The van der Waals surface area contributed by atoms with Gasteiger partial charge < -0.3 is 10.6 Å². The van der Waals surface area contributed by atoms with Crippen LogP contribution >= 0.6 is 24.0 Å². The van der Waals surface area contributed by atoms with Crippen LogP contribution in [0, 0.1) is 6.92 Å². The van der Waals surface area contributed by atoms with Crippen LogP contribution in [0.15, 0.2) is 72.0 Å². The zero-order valence-corrected chi connectivity index (χ0v) is 17.3. The van der Waals surface area contributed by atoms with E-state index >= 15 is 0 Å². The van der Waals surface area contributed by atoms with Crippen molar-refractivity contribution in [2.45, 2.75) is 20.0 Å². The normalized spacial score (nSPS) is 10.9. The number of benzene rings is 2. The molecule has 3 rings (SSSR count). The number of nitrogens with zero attached hydrogens (tertiary/aromatic N) is 3. The van der Waals surface area contributed by atoms with Crippen molar-refractivity contribution in [3.05, 3.63) is 83.7 Å². The first-order chi connectivity index (χ1) is 12.2. The molecule has 2 N–H and O–H groups in total. The lowest BCUT2D eigenvalue weighted by Crippen LogP contribution is -2.36. The molecule has 0 bridgehead atoms. The first-order valence-corrected chi connectivity index (χ1v) is 8.33. The fourth-order valence-corrected chi connectivity index (χ4v) is 2.49. The van der Waals surface area contributed by atoms with Crippen LogP contribution in [0.1, 0.15) is 16.7 Å². The number of aryl methyl sites for hydroxylation is 1. The first-order valence-electron chi connectivity index (χ1n) is 8.33. The van der Waals surface area contributed by atoms with Gasteiger partial charge in [0, 0.05) is 32.5 Å². The van der Waals surface area contributed by atoms with Gasteiger partial charge in [-0.1, -0.05) is 42.0 Å². The second-order valence-corrected chi connectivity index (χ2v) is 5.88. The second kappa shape index (κ2) is 9.96. The fraction of sp³-hybridized carbons (Fsp3) is 0.200. The summed E-state index contributed by atoms with van der Waals surface area (Å²) in [7, 11) is 1.78. The van der Waals surface area contributed by atoms with Crippen LogP contribution in [-0.2, 0) is 13.1 Å². The summed E-state index contributed by atoms with van der Waals surface area (Å²) in [5.41, 5.74) is 4.74. The minimum atomic E-state index is 0. The highest BCUT2D eigenvalue weighted by Crippen LogP contribution is 2.08. The maximum absolute atomic E-state index is 4.27. The number of hydrogen-bond acceptors (Lipinski definition) is 2. The van der Waals surface area contributed by atoms with Gasteiger partial charge in [-0.25, -0.2) is 4.68 Å². The van der Waals surface area contributed by atoms with Crippen molar-refractivity contribution in [2.24, 2.45) is 4.99 Å². The van der Waals surface area contributed by atoms with Crippen molar-refractivity contribution in [3.8, 4) is 5.69 Å². The highest BCUT2D eigenvalue weighted by Gasteiger charge is 2.01. The van der Waals surface area contributed by atoms with Crippen molar-refractivity contribution in [2.75, 3.05) is 7.05 Å². The van der Waals surface area contributed by atoms with Crippen molar-refractivity contribution < 1.29 is 0 Å². The van der Waals surface area contributed by atoms with Crippen molar-refractivity contribution in [1.82, 2.24) is 20.4 Å². The largest absolute Gasteiger partial charge is 0.352 e. The van der Waals surface area contributed by atoms with Gasteiger partial charge in [-0.05, 0) is 36.2 Å². The molecule has 0 fully saturated rings. The third-order valence-corrected chi connectivity index (χ3v) is 3.97. The molecular formula is C20H24IN5. The summed E-state index contributed by atoms with van der Waals surface area (Å²) in [6.07, 6.45) is 3.71. The molecule has 0 atom stereocenters. The average Bonchev–Trinajstić information content (AvgIpc) is 3.18. The number of halogens is 1. The Morgan fingerprint density at radius 2 is 1.54 bits per heavy atom. The van der Waals surface area contributed by atoms with Crippen LogP contribution < -0.4 is 10.6 Å². The Balaban J connectivity index is 0.00000243. The van der Waals surface area contributed by atoms with Gasteiger partial charge in [0.05, 0.1) is 5.69 Å². The summed E-state index contributed by atoms with van der Waals surface area (Å²) in [5, 5.41) is 10.9. The Labute approximate surface area is 171 Å². The zero-order chi connectivity index (χ0) is 17.5. The molecule has 0 spiro atoms. The summed E-state index contributed by atoms with van der Waals surface area (Å²) >= 11 is 0. The number of hydrogen-bond donors (Lipinski definition) is 2. The molecule has 2 aromatic carbocycles. The molecule has 6 heteroatoms. The van der Waals surface area contributed by atoms with Gasteiger partial charge in [0.25, 0.3) is 0 Å². The SMILES string of the molecule is CN=C(NCc1ccc(C)cc1)NCc1ccc(-n2cccn2)cc1.I. The van der Waals surface area contributed by atoms with E-state index in [0.29, 0.717) is 6.54 Å². The molecule has 0 saturated carbocycles. The summed E-state index contributed by atoms with van der Waals surface area (Å²) in [4.78, 5) is 4.27. The maximum Gasteiger partial charge on any atom is 0.191 e. The first kappa shape index (κ1) is 20.0. The Hall–Kier alpha value is -2.35. The van der Waals surface area contributed by atoms with E-state index in [2.05, 4.69) is 76.2 Å². The molecule has 0 saturated heterocycles. The summed E-state index contributed by atoms with van der Waals surface area (Å²) in [5.74, 6) is 0.789. The molecule has 0 aliphatic carbocycles. The van der Waals surface area contributed by atoms with E-state index in [9.17, 15) is 0 Å². The number of nitrogens with one attached hydrogen (secondary N) is 2. The van der Waals surface area contributed by atoms with Gasteiger partial charge in [0.1, 0.15) is 0 Å². The number of rotatable bonds is 5. The molecule has 0 aliphatic heterocycles. The third-order valence-electron chi connectivity index (χ3n) is 3.97. The topological polar surface area (TPSA) is 54.2 Å². The number of aliphatic imine (C=N–C) groups is 1. The summed E-state index contributed by atoms with van der Waals surface area (Å²) in [6.45, 7) is 3.56. The van der Waals surface area contributed by atoms with E-state index in [1.807, 2.05) is 16.9 Å². The number of guanidine groups is 1. The van der Waals surface area contributed by atoms with E-state index in [1.165, 1.54) is 16.7 Å². The Morgan fingerprint density at radius 1 is 0.962 bits per heavy atom. The maximum atomic E-state index is 4.27. The minimum Gasteiger partial charge on any atom is -0.352 e. The van der Waals surface area contributed by atoms with Gasteiger partial charge >= 0.3 is 0 Å². The van der Waals surface area contributed by atoms with Gasteiger partial charge in [-0.3, -0.25) is 4.99 Å². The molecular weight excluding hydrogens is 437 g/mol. The van der Waals surface area contributed by atoms with Crippen molar-refractivity contribution in [3.63, 3.8) is 0 Å². The Bertz CT molecular complexity index is 808. The molecule has 0 aliphatic rings. The lowest BCUT2D eigenvalue weighted by Gasteiger charge is -2.12. The highest BCUT2D eigenvalue weighted by atomic mass is 127. The molecule has 0 amide bonds. The lowest BCUT2D eigenvalue weighted by atomic mass is 10.1. The summed E-state index contributed by atoms with van der Waals surface area (Å²) < 4.78 is 1.85. The van der Waals surface area contributed by atoms with Gasteiger partial charge in [-0.15, -0.1) is 24.0 Å². The minimum absolute atomic E-state index is 0. The van der Waals surface area contributed by atoms with E-state index in [0.717, 1.165) is 18.2 Å². The van der Waals surface area contributed by atoms with E-state index < -0.39 is 0 Å². The average molecular weight is 461 g/mol. The van der Waals surface area contributed by atoms with Crippen LogP contribution in [-0.4, -0.2) is 22.8 Å². The van der Waals surface area contributed by atoms with E-state index in [4.69, 9.17) is 0 Å². The third kappa shape index (κ3) is 5.59. The van der Waals surface area contributed by atoms with Crippen LogP contribution in [0.3, 0.4) is 0 Å². The van der Waals surface area contributed by atoms with E-state index in [-0.39, 0.29) is 24.0 Å². The fourth-order valence-electron chi connectivity index (χ4n) is 2.49. The molecule has 136 valence electrons. The van der Waals surface area contributed by atoms with Gasteiger partial charge in [-0.2, -0.15) is 5.10 Å². The predicted octanol–water partition coefficient (Wildman–Crippen LogP) is 3.66. The smallest absolute Gasteiger partial charge is 0.191 e. The van der Waals surface area contributed by atoms with Gasteiger partial charge in [0.15, 0.2) is 5.96 Å². The number of aromatic nitrogens is 2. The molecule has 0 radical (unpaired) electrons. The second-order valence-electron chi connectivity index (χ2n) is 5.88. The molecule has 5 nitrogen and oxygen atoms in total. The van der Waals surface area contributed by atoms with Crippen molar-refractivity contribution >= 4 is 29.9 Å². The molecule has 1 aromatic heterocycles. The van der Waals surface area contributed by atoms with Crippen LogP contribution in [0.5, 0.6) is 0 Å². The van der Waals surface area contributed by atoms with Crippen LogP contribution in [0.25, 0.3) is 5.69 Å². The zero-order valence-electron chi connectivity index (χ0n) is 15.0. The highest BCUT2D eigenvalue weighted by molar-refractivity contribution is 14.0. The molecule has 3 aromatic rings. The van der Waals surface area contributed by atoms with E-state index in [1.54, 1.807) is 13.2 Å². The Kier molecular flexibility index (Phi) is 7.65.